The Morgan fingerprint density at radius 3 is 1.66 bits per heavy atom. The van der Waals surface area contributed by atoms with Crippen LogP contribution in [0.25, 0.3) is 0 Å². The predicted molar refractivity (Wildman–Crippen MR) is 184 cm³/mol. The third-order valence-electron chi connectivity index (χ3n) is 7.26. The lowest BCUT2D eigenvalue weighted by atomic mass is 10.0. The third-order valence-corrected chi connectivity index (χ3v) is 7.26. The number of ether oxygens (including phenoxy) is 2. The van der Waals surface area contributed by atoms with Crippen LogP contribution in [0.5, 0.6) is 0 Å². The molecule has 0 unspecified atom stereocenters. The van der Waals surface area contributed by atoms with Crippen molar-refractivity contribution in [2.24, 2.45) is 0 Å². The zero-order valence-electron chi connectivity index (χ0n) is 30.6. The van der Waals surface area contributed by atoms with Gasteiger partial charge in [-0.25, -0.2) is 9.59 Å². The summed E-state index contributed by atoms with van der Waals surface area (Å²) >= 11 is 0. The van der Waals surface area contributed by atoms with E-state index >= 15 is 0 Å². The van der Waals surface area contributed by atoms with Gasteiger partial charge in [0.05, 0.1) is 6.04 Å². The molecule has 2 atom stereocenters. The molecule has 0 bridgehead atoms. The van der Waals surface area contributed by atoms with Gasteiger partial charge in [0.15, 0.2) is 5.78 Å². The normalized spacial score (nSPS) is 12.9. The number of Topliss-reactive ketones (excluding diaryl/α,β-unsaturated/α-hetero) is 2. The highest BCUT2D eigenvalue weighted by Crippen LogP contribution is 2.14. The van der Waals surface area contributed by atoms with Gasteiger partial charge in [-0.2, -0.15) is 0 Å². The topological polar surface area (TPSA) is 157 Å². The molecule has 0 rings (SSSR count). The molecule has 272 valence electrons. The van der Waals surface area contributed by atoms with Gasteiger partial charge in [0.25, 0.3) is 0 Å². The van der Waals surface area contributed by atoms with E-state index in [0.717, 1.165) is 38.5 Å². The van der Waals surface area contributed by atoms with Gasteiger partial charge in [0.2, 0.25) is 5.91 Å². The Balaban J connectivity index is 4.44. The van der Waals surface area contributed by atoms with E-state index in [9.17, 15) is 28.8 Å². The second-order valence-corrected chi connectivity index (χ2v) is 14.5. The van der Waals surface area contributed by atoms with Gasteiger partial charge in [-0.3, -0.25) is 19.2 Å². The number of esters is 2. The average Bonchev–Trinajstić information content (AvgIpc) is 2.94. The van der Waals surface area contributed by atoms with Gasteiger partial charge < -0.3 is 25.4 Å². The molecule has 47 heavy (non-hydrogen) atoms. The molecule has 0 fully saturated rings. The van der Waals surface area contributed by atoms with Gasteiger partial charge in [-0.05, 0) is 93.4 Å². The molecule has 3 N–H and O–H groups in total. The minimum atomic E-state index is -1.11. The number of ketones is 2. The molecule has 0 radical (unpaired) electrons. The molecular formula is C36H65N3O8. The number of unbranched alkanes of at least 4 members (excludes halogenated alkanes) is 8. The Bertz CT molecular complexity index is 968. The van der Waals surface area contributed by atoms with Crippen molar-refractivity contribution in [3.8, 4) is 0 Å². The third kappa shape index (κ3) is 26.7. The molecule has 0 saturated heterocycles. The molecule has 11 heteroatoms. The zero-order valence-corrected chi connectivity index (χ0v) is 30.6. The summed E-state index contributed by atoms with van der Waals surface area (Å²) in [5.74, 6) is -1.10. The van der Waals surface area contributed by atoms with Crippen LogP contribution in [-0.2, 0) is 33.4 Å². The molecule has 0 aromatic carbocycles. The number of hydrogen-bond acceptors (Lipinski definition) is 8. The van der Waals surface area contributed by atoms with Gasteiger partial charge in [0, 0.05) is 32.2 Å². The molecule has 0 saturated carbocycles. The smallest absolute Gasteiger partial charge is 0.329 e. The molecule has 0 heterocycles. The number of amides is 3. The van der Waals surface area contributed by atoms with E-state index < -0.39 is 41.3 Å². The fourth-order valence-corrected chi connectivity index (χ4v) is 4.81. The molecule has 0 spiro atoms. The Morgan fingerprint density at radius 2 is 1.13 bits per heavy atom. The molecule has 0 aliphatic carbocycles. The largest absolute Gasteiger partial charge is 0.460 e. The first-order chi connectivity index (χ1) is 21.9. The van der Waals surface area contributed by atoms with E-state index in [1.54, 1.807) is 41.5 Å². The highest BCUT2D eigenvalue weighted by molar-refractivity contribution is 5.89. The van der Waals surface area contributed by atoms with Crippen LogP contribution in [0.4, 0.5) is 4.79 Å². The van der Waals surface area contributed by atoms with Crippen molar-refractivity contribution in [1.29, 1.82) is 0 Å². The summed E-state index contributed by atoms with van der Waals surface area (Å²) in [7, 11) is 0. The van der Waals surface area contributed by atoms with E-state index in [4.69, 9.17) is 9.47 Å². The van der Waals surface area contributed by atoms with Crippen LogP contribution >= 0.6 is 0 Å². The second kappa shape index (κ2) is 24.2. The van der Waals surface area contributed by atoms with Gasteiger partial charge in [-0.1, -0.05) is 45.4 Å². The number of hydrogen-bond donors (Lipinski definition) is 3. The monoisotopic (exact) mass is 667 g/mol. The number of rotatable bonds is 25. The minimum Gasteiger partial charge on any atom is -0.460 e. The molecule has 0 aromatic rings. The Labute approximate surface area is 283 Å². The van der Waals surface area contributed by atoms with Crippen molar-refractivity contribution >= 4 is 35.4 Å². The average molecular weight is 668 g/mol. The maximum Gasteiger partial charge on any atom is 0.329 e. The number of carbonyl (C=O) groups is 6. The van der Waals surface area contributed by atoms with Crippen molar-refractivity contribution < 1.29 is 38.2 Å². The van der Waals surface area contributed by atoms with Gasteiger partial charge in [-0.15, -0.1) is 0 Å². The molecule has 11 nitrogen and oxygen atoms in total. The SMILES string of the molecule is CCCCCCCC(=O)CCCCCCC(=O)NCCCC[C@H](NC(=O)N[C@@H](CCC(=O)OC(C)(C)C)C(=O)OC(C)(C)C)C(C)=O. The zero-order chi connectivity index (χ0) is 35.9. The molecule has 0 aliphatic heterocycles. The number of carbonyl (C=O) groups excluding carboxylic acids is 6. The standard InChI is InChI=1S/C36H65N3O8/c1-9-10-11-12-15-20-28(41)21-16-13-14-17-23-31(42)37-26-19-18-22-29(27(2)40)38-34(45)39-30(33(44)47-36(6,7)8)24-25-32(43)46-35(3,4)5/h29-30H,9-26H2,1-8H3,(H,37,42)(H2,38,39,45)/t29-,30-/m0/s1. The van der Waals surface area contributed by atoms with E-state index in [2.05, 4.69) is 22.9 Å². The van der Waals surface area contributed by atoms with E-state index in [0.29, 0.717) is 50.9 Å². The fourth-order valence-electron chi connectivity index (χ4n) is 4.81. The van der Waals surface area contributed by atoms with Crippen LogP contribution in [0.3, 0.4) is 0 Å². The van der Waals surface area contributed by atoms with Crippen molar-refractivity contribution in [3.63, 3.8) is 0 Å². The van der Waals surface area contributed by atoms with Crippen LogP contribution in [0.2, 0.25) is 0 Å². The van der Waals surface area contributed by atoms with Gasteiger partial charge in [0.1, 0.15) is 23.0 Å². The number of urea groups is 1. The maximum absolute atomic E-state index is 12.8. The summed E-state index contributed by atoms with van der Waals surface area (Å²) in [6.45, 7) is 14.4. The Morgan fingerprint density at radius 1 is 0.596 bits per heavy atom. The first-order valence-corrected chi connectivity index (χ1v) is 17.7. The van der Waals surface area contributed by atoms with Crippen LogP contribution < -0.4 is 16.0 Å². The van der Waals surface area contributed by atoms with Crippen LogP contribution in [-0.4, -0.2) is 65.3 Å². The quantitative estimate of drug-likeness (QED) is 0.0723. The summed E-state index contributed by atoms with van der Waals surface area (Å²) in [5.41, 5.74) is -1.48. The first-order valence-electron chi connectivity index (χ1n) is 17.7. The summed E-state index contributed by atoms with van der Waals surface area (Å²) in [6, 6.07) is -2.61. The predicted octanol–water partition coefficient (Wildman–Crippen LogP) is 6.63. The molecule has 0 aromatic heterocycles. The Hall–Kier alpha value is -2.98. The highest BCUT2D eigenvalue weighted by Gasteiger charge is 2.29. The van der Waals surface area contributed by atoms with Crippen molar-refractivity contribution in [1.82, 2.24) is 16.0 Å². The van der Waals surface area contributed by atoms with Crippen LogP contribution in [0, 0.1) is 0 Å². The molecule has 3 amide bonds. The summed E-state index contributed by atoms with van der Waals surface area (Å²) in [5, 5.41) is 8.08. The minimum absolute atomic E-state index is 0.0201. The lowest BCUT2D eigenvalue weighted by molar-refractivity contribution is -0.158. The maximum atomic E-state index is 12.8. The van der Waals surface area contributed by atoms with E-state index in [1.807, 2.05) is 0 Å². The summed E-state index contributed by atoms with van der Waals surface area (Å²) < 4.78 is 10.7. The second-order valence-electron chi connectivity index (χ2n) is 14.5. The lowest BCUT2D eigenvalue weighted by Gasteiger charge is -2.26. The summed E-state index contributed by atoms with van der Waals surface area (Å²) in [4.78, 5) is 74.2. The molecule has 0 aliphatic rings. The van der Waals surface area contributed by atoms with E-state index in [-0.39, 0.29) is 24.5 Å². The summed E-state index contributed by atoms with van der Waals surface area (Å²) in [6.07, 6.45) is 12.5. The number of nitrogens with one attached hydrogen (secondary N) is 3. The van der Waals surface area contributed by atoms with Crippen molar-refractivity contribution in [2.75, 3.05) is 6.54 Å². The Kier molecular flexibility index (Phi) is 22.7. The molecular weight excluding hydrogens is 602 g/mol. The van der Waals surface area contributed by atoms with Crippen molar-refractivity contribution in [3.05, 3.63) is 0 Å². The highest BCUT2D eigenvalue weighted by atomic mass is 16.6. The van der Waals surface area contributed by atoms with Crippen LogP contribution in [0.1, 0.15) is 165 Å². The first kappa shape index (κ1) is 44.0. The van der Waals surface area contributed by atoms with Crippen molar-refractivity contribution in [2.45, 2.75) is 188 Å². The van der Waals surface area contributed by atoms with Gasteiger partial charge >= 0.3 is 18.0 Å². The fraction of sp³-hybridized carbons (Fsp3) is 0.833. The lowest BCUT2D eigenvalue weighted by Crippen LogP contribution is -2.52. The van der Waals surface area contributed by atoms with Crippen LogP contribution in [0.15, 0.2) is 0 Å². The van der Waals surface area contributed by atoms with E-state index in [1.165, 1.54) is 26.2 Å².